The van der Waals surface area contributed by atoms with Gasteiger partial charge in [-0.15, -0.1) is 4.68 Å². The molecule has 0 saturated carbocycles. The van der Waals surface area contributed by atoms with Gasteiger partial charge in [0.15, 0.2) is 6.54 Å². The summed E-state index contributed by atoms with van der Waals surface area (Å²) >= 11 is 0. The summed E-state index contributed by atoms with van der Waals surface area (Å²) in [7, 11) is 0. The van der Waals surface area contributed by atoms with Crippen LogP contribution in [0.25, 0.3) is 0 Å². The van der Waals surface area contributed by atoms with Crippen molar-refractivity contribution in [3.63, 3.8) is 0 Å². The maximum atomic E-state index is 12.2. The monoisotopic (exact) mass is 316 g/mol. The molecule has 120 valence electrons. The average Bonchev–Trinajstić information content (AvgIpc) is 2.80. The van der Waals surface area contributed by atoms with E-state index in [2.05, 4.69) is 15.4 Å². The molecule has 9 heteroatoms. The van der Waals surface area contributed by atoms with Crippen LogP contribution >= 0.6 is 0 Å². The summed E-state index contributed by atoms with van der Waals surface area (Å²) in [5, 5.41) is 21.5. The number of nitrogens with one attached hydrogen (secondary N) is 1. The maximum absolute atomic E-state index is 12.2. The summed E-state index contributed by atoms with van der Waals surface area (Å²) < 4.78 is 1.06. The van der Waals surface area contributed by atoms with Gasteiger partial charge in [-0.3, -0.25) is 4.79 Å². The molecule has 0 unspecified atom stereocenters. The molecule has 23 heavy (non-hydrogen) atoms. The summed E-state index contributed by atoms with van der Waals surface area (Å²) in [6.07, 6.45) is 0. The quantitative estimate of drug-likeness (QED) is 0.175. The zero-order valence-electron chi connectivity index (χ0n) is 12.7. The van der Waals surface area contributed by atoms with Crippen LogP contribution in [0.15, 0.2) is 45.3 Å². The number of hydrogen-bond acceptors (Lipinski definition) is 6. The van der Waals surface area contributed by atoms with E-state index in [1.54, 1.807) is 44.2 Å². The fraction of sp³-hybridized carbons (Fsp3) is 0.214. The number of aromatic amines is 1. The minimum atomic E-state index is -0.877. The Labute approximate surface area is 131 Å². The van der Waals surface area contributed by atoms with Crippen LogP contribution in [0.5, 0.6) is 0 Å². The Morgan fingerprint density at radius 2 is 1.96 bits per heavy atom. The largest absolute Gasteiger partial charge is 0.854 e. The number of hydrogen-bond donors (Lipinski definition) is 2. The number of nitrogens with two attached hydrogens (primary N) is 1. The maximum Gasteiger partial charge on any atom is 0.425 e. The first-order chi connectivity index (χ1) is 10.9. The van der Waals surface area contributed by atoms with Crippen LogP contribution in [0.4, 0.5) is 0 Å². The van der Waals surface area contributed by atoms with Gasteiger partial charge >= 0.3 is 5.56 Å². The number of carbonyl (C=O) groups is 1. The Hall–Kier alpha value is -3.23. The lowest BCUT2D eigenvalue weighted by Crippen LogP contribution is -2.48. The normalized spacial score (nSPS) is 11.3. The summed E-state index contributed by atoms with van der Waals surface area (Å²) in [5.41, 5.74) is -0.150. The molecular weight excluding hydrogens is 300 g/mol. The number of H-pyrrole nitrogens is 1. The third kappa shape index (κ3) is 3.70. The van der Waals surface area contributed by atoms with E-state index in [4.69, 9.17) is 5.84 Å². The molecule has 2 rings (SSSR count). The predicted molar refractivity (Wildman–Crippen MR) is 81.5 cm³/mol. The van der Waals surface area contributed by atoms with Crippen LogP contribution in [0.1, 0.15) is 29.9 Å². The topological polar surface area (TPSA) is 133 Å². The predicted octanol–water partition coefficient (Wildman–Crippen LogP) is -1.44. The molecule has 1 heterocycles. The van der Waals surface area contributed by atoms with Crippen molar-refractivity contribution < 1.29 is 14.6 Å². The highest BCUT2D eigenvalue weighted by Gasteiger charge is 2.23. The molecule has 1 aromatic heterocycles. The van der Waals surface area contributed by atoms with Gasteiger partial charge < -0.3 is 5.11 Å². The van der Waals surface area contributed by atoms with Gasteiger partial charge in [0, 0.05) is 11.3 Å². The van der Waals surface area contributed by atoms with E-state index in [1.807, 2.05) is 0 Å². The molecule has 0 amide bonds. The van der Waals surface area contributed by atoms with Crippen molar-refractivity contribution in [2.45, 2.75) is 20.4 Å². The first-order valence-corrected chi connectivity index (χ1v) is 6.74. The Bertz CT molecular complexity index is 828. The molecule has 2 aromatic rings. The molecule has 0 spiro atoms. The van der Waals surface area contributed by atoms with E-state index in [-0.39, 0.29) is 18.0 Å². The van der Waals surface area contributed by atoms with E-state index in [9.17, 15) is 14.7 Å². The molecule has 0 aliphatic rings. The van der Waals surface area contributed by atoms with Gasteiger partial charge in [0.2, 0.25) is 5.78 Å². The highest BCUT2D eigenvalue weighted by atomic mass is 16.3. The summed E-state index contributed by atoms with van der Waals surface area (Å²) in [5.74, 6) is 4.27. The van der Waals surface area contributed by atoms with E-state index in [0.717, 1.165) is 4.68 Å². The highest BCUT2D eigenvalue weighted by molar-refractivity contribution is 5.95. The van der Waals surface area contributed by atoms with Crippen LogP contribution in [0, 0.1) is 0 Å². The minimum Gasteiger partial charge on any atom is -0.854 e. The fourth-order valence-corrected chi connectivity index (χ4v) is 1.83. The SMILES string of the molecule is CC(C)=N/N=C(\[O-])c1c(=O)n(N)[nH][n+]1CC(=O)c1ccccc1. The van der Waals surface area contributed by atoms with E-state index in [0.29, 0.717) is 16.1 Å². The molecule has 0 atom stereocenters. The average molecular weight is 316 g/mol. The lowest BCUT2D eigenvalue weighted by molar-refractivity contribution is -0.745. The zero-order valence-corrected chi connectivity index (χ0v) is 12.7. The van der Waals surface area contributed by atoms with Crippen LogP contribution in [0.3, 0.4) is 0 Å². The van der Waals surface area contributed by atoms with Crippen molar-refractivity contribution in [1.29, 1.82) is 0 Å². The summed E-state index contributed by atoms with van der Waals surface area (Å²) in [6.45, 7) is 3.05. The minimum absolute atomic E-state index is 0.255. The van der Waals surface area contributed by atoms with Crippen molar-refractivity contribution in [3.8, 4) is 0 Å². The van der Waals surface area contributed by atoms with Crippen molar-refractivity contribution in [2.24, 2.45) is 10.2 Å². The standard InChI is InChI=1S/C14H16N6O3/c1-9(2)16-17-13(22)12-14(23)20(15)18-19(12)8-11(21)10-6-4-3-5-7-10/h3-7H,8H2,1-2H3,(H3-,15,17,18,22,23). The van der Waals surface area contributed by atoms with E-state index < -0.39 is 11.5 Å². The molecule has 0 bridgehead atoms. The first-order valence-electron chi connectivity index (χ1n) is 6.74. The van der Waals surface area contributed by atoms with Crippen molar-refractivity contribution in [2.75, 3.05) is 5.84 Å². The second-order valence-electron chi connectivity index (χ2n) is 4.95. The lowest BCUT2D eigenvalue weighted by atomic mass is 10.1. The number of ketones is 1. The molecule has 9 nitrogen and oxygen atoms in total. The Morgan fingerprint density at radius 1 is 1.30 bits per heavy atom. The van der Waals surface area contributed by atoms with Crippen LogP contribution in [-0.2, 0) is 6.54 Å². The van der Waals surface area contributed by atoms with Crippen molar-refractivity contribution >= 4 is 17.4 Å². The van der Waals surface area contributed by atoms with Gasteiger partial charge in [0.05, 0.1) is 5.90 Å². The number of nitrogens with zero attached hydrogens (tertiary/aromatic N) is 4. The number of carbonyl (C=O) groups excluding carboxylic acids is 1. The molecule has 0 aliphatic carbocycles. The number of benzene rings is 1. The van der Waals surface area contributed by atoms with E-state index >= 15 is 0 Å². The number of nitrogen functional groups attached to an aromatic ring is 1. The molecule has 3 N–H and O–H groups in total. The highest BCUT2D eigenvalue weighted by Crippen LogP contribution is 1.99. The summed E-state index contributed by atoms with van der Waals surface area (Å²) in [6, 6.07) is 8.49. The van der Waals surface area contributed by atoms with Crippen LogP contribution in [-0.4, -0.2) is 27.4 Å². The Morgan fingerprint density at radius 3 is 2.57 bits per heavy atom. The lowest BCUT2D eigenvalue weighted by Gasteiger charge is -2.05. The summed E-state index contributed by atoms with van der Waals surface area (Å²) in [4.78, 5) is 24.8. The van der Waals surface area contributed by atoms with Crippen LogP contribution < -0.4 is 21.2 Å². The fourth-order valence-electron chi connectivity index (χ4n) is 1.83. The van der Waals surface area contributed by atoms with Gasteiger partial charge in [-0.05, 0) is 18.6 Å². The van der Waals surface area contributed by atoms with Crippen LogP contribution in [0.2, 0.25) is 0 Å². The molecule has 1 aromatic carbocycles. The van der Waals surface area contributed by atoms with Crippen molar-refractivity contribution in [3.05, 3.63) is 51.9 Å². The molecule has 0 aliphatic heterocycles. The second-order valence-corrected chi connectivity index (χ2v) is 4.95. The number of aromatic nitrogens is 3. The van der Waals surface area contributed by atoms with E-state index in [1.165, 1.54) is 0 Å². The first kappa shape index (κ1) is 16.1. The van der Waals surface area contributed by atoms with Gasteiger partial charge in [-0.2, -0.15) is 10.2 Å². The number of rotatable bonds is 5. The Kier molecular flexibility index (Phi) is 4.69. The molecule has 0 radical (unpaired) electrons. The van der Waals surface area contributed by atoms with Gasteiger partial charge in [0.1, 0.15) is 0 Å². The van der Waals surface area contributed by atoms with Gasteiger partial charge in [-0.25, -0.2) is 10.6 Å². The second kappa shape index (κ2) is 6.69. The van der Waals surface area contributed by atoms with Crippen molar-refractivity contribution in [1.82, 2.24) is 10.0 Å². The molecular formula is C14H16N6O3. The Balaban J connectivity index is 2.39. The molecule has 0 fully saturated rings. The zero-order chi connectivity index (χ0) is 17.0. The third-order valence-corrected chi connectivity index (χ3v) is 2.86. The number of Topliss-reactive ketones (excluding diaryl/α,β-unsaturated/α-hetero) is 1. The smallest absolute Gasteiger partial charge is 0.425 e. The third-order valence-electron chi connectivity index (χ3n) is 2.86. The van der Waals surface area contributed by atoms with Gasteiger partial charge in [-0.1, -0.05) is 35.5 Å². The van der Waals surface area contributed by atoms with Gasteiger partial charge in [0.25, 0.3) is 5.69 Å². The molecule has 0 saturated heterocycles.